The van der Waals surface area contributed by atoms with Crippen LogP contribution >= 0.6 is 0 Å². The number of benzene rings is 5. The van der Waals surface area contributed by atoms with Crippen molar-refractivity contribution in [3.63, 3.8) is 0 Å². The number of aliphatic carboxylic acids is 1. The molecule has 15 nitrogen and oxygen atoms in total. The van der Waals surface area contributed by atoms with Crippen LogP contribution in [0.3, 0.4) is 0 Å². The quantitative estimate of drug-likeness (QED) is 0.0645. The van der Waals surface area contributed by atoms with Crippen molar-refractivity contribution in [1.82, 2.24) is 20.9 Å². The van der Waals surface area contributed by atoms with Gasteiger partial charge in [0.15, 0.2) is 0 Å². The van der Waals surface area contributed by atoms with Gasteiger partial charge < -0.3 is 52.6 Å². The number of hydrogen-bond acceptors (Lipinski definition) is 10. The van der Waals surface area contributed by atoms with E-state index in [-0.39, 0.29) is 39.1 Å². The lowest BCUT2D eigenvalue weighted by atomic mass is 9.93. The molecule has 0 radical (unpaired) electrons. The van der Waals surface area contributed by atoms with E-state index in [2.05, 4.69) is 28.1 Å². The fraction of sp³-hybridized carbons (Fsp3) is 0.300. The molecular weight excluding hydrogens is 827 g/mol. The van der Waals surface area contributed by atoms with Gasteiger partial charge in [-0.2, -0.15) is 0 Å². The molecule has 0 fully saturated rings. The standard InChI is InChI=1S/C50H57N7O8/c1-31-46(58)56-42(50(62)63)29-32-11-21-43(64-26-24-52)39(28-32)40-30-38(20-22-44(40)65-27-25-53)45(48(60)54-31)57(2)49(61)41(10-6-7-23-51)55-47(59)37-18-16-36(17-19-37)35-14-12-34(13-15-35)33-8-4-3-5-9-33/h3-5,8-9,11-22,28,30-31,41-42,45H,6-7,10,23-27,29,51-53H2,1-2H3,(H,54,60)(H,55,59)(H,56,58)(H,62,63). The Hall–Kier alpha value is -7.07. The molecular formula is C50H57N7O8. The number of nitrogens with one attached hydrogen (secondary N) is 3. The highest BCUT2D eigenvalue weighted by molar-refractivity contribution is 5.99. The lowest BCUT2D eigenvalue weighted by Crippen LogP contribution is -2.54. The number of carbonyl (C=O) groups excluding carboxylic acids is 4. The minimum absolute atomic E-state index is 0.0884. The molecule has 0 aromatic heterocycles. The van der Waals surface area contributed by atoms with Crippen LogP contribution in [-0.4, -0.2) is 97.6 Å². The molecule has 0 saturated heterocycles. The van der Waals surface area contributed by atoms with Gasteiger partial charge in [-0.15, -0.1) is 0 Å². The smallest absolute Gasteiger partial charge is 0.326 e. The highest BCUT2D eigenvalue weighted by atomic mass is 16.5. The number of carbonyl (C=O) groups is 5. The van der Waals surface area contributed by atoms with Crippen LogP contribution in [-0.2, 0) is 25.6 Å². The van der Waals surface area contributed by atoms with Crippen LogP contribution in [0, 0.1) is 0 Å². The highest BCUT2D eigenvalue weighted by Crippen LogP contribution is 2.40. The summed E-state index contributed by atoms with van der Waals surface area (Å²) < 4.78 is 12.1. The average Bonchev–Trinajstić information content (AvgIpc) is 3.32. The first kappa shape index (κ1) is 47.4. The molecule has 5 aromatic carbocycles. The summed E-state index contributed by atoms with van der Waals surface area (Å²) in [6.45, 7) is 2.50. The Morgan fingerprint density at radius 3 is 1.88 bits per heavy atom. The van der Waals surface area contributed by atoms with Gasteiger partial charge in [0.05, 0.1) is 0 Å². The maximum absolute atomic E-state index is 14.8. The molecule has 4 amide bonds. The maximum Gasteiger partial charge on any atom is 0.326 e. The number of rotatable bonds is 17. The van der Waals surface area contributed by atoms with E-state index in [1.165, 1.54) is 18.9 Å². The van der Waals surface area contributed by atoms with Gasteiger partial charge >= 0.3 is 5.97 Å². The fourth-order valence-corrected chi connectivity index (χ4v) is 7.74. The minimum Gasteiger partial charge on any atom is -0.492 e. The second kappa shape index (κ2) is 22.5. The third-order valence-electron chi connectivity index (χ3n) is 11.2. The van der Waals surface area contributed by atoms with E-state index >= 15 is 0 Å². The van der Waals surface area contributed by atoms with Crippen molar-refractivity contribution in [2.45, 2.75) is 56.8 Å². The number of ether oxygens (including phenoxy) is 2. The largest absolute Gasteiger partial charge is 0.492 e. The molecule has 0 saturated carbocycles. The van der Waals surface area contributed by atoms with Crippen molar-refractivity contribution in [2.24, 2.45) is 17.2 Å². The molecule has 1 aliphatic rings. The lowest BCUT2D eigenvalue weighted by Gasteiger charge is -2.32. The normalized spacial score (nSPS) is 16.5. The molecule has 4 atom stereocenters. The van der Waals surface area contributed by atoms with Gasteiger partial charge in [-0.25, -0.2) is 4.79 Å². The Morgan fingerprint density at radius 2 is 1.29 bits per heavy atom. The van der Waals surface area contributed by atoms with Gasteiger partial charge in [-0.3, -0.25) is 19.2 Å². The number of carboxylic acid groups (broad SMARTS) is 1. The number of hydrogen-bond donors (Lipinski definition) is 7. The topological polar surface area (TPSA) is 241 Å². The number of fused-ring (bicyclic) bond motifs is 5. The zero-order chi connectivity index (χ0) is 46.5. The molecule has 340 valence electrons. The summed E-state index contributed by atoms with van der Waals surface area (Å²) in [5.74, 6) is -3.04. The third kappa shape index (κ3) is 11.9. The summed E-state index contributed by atoms with van der Waals surface area (Å²) in [6.07, 6.45) is 1.20. The fourth-order valence-electron chi connectivity index (χ4n) is 7.74. The molecule has 0 spiro atoms. The highest BCUT2D eigenvalue weighted by Gasteiger charge is 2.36. The van der Waals surface area contributed by atoms with Crippen molar-refractivity contribution in [2.75, 3.05) is 39.9 Å². The van der Waals surface area contributed by atoms with Crippen molar-refractivity contribution in [3.8, 4) is 44.9 Å². The first-order chi connectivity index (χ1) is 31.4. The minimum atomic E-state index is -1.36. The second-order valence-corrected chi connectivity index (χ2v) is 15.9. The van der Waals surface area contributed by atoms with E-state index in [0.717, 1.165) is 22.3 Å². The molecule has 10 N–H and O–H groups in total. The van der Waals surface area contributed by atoms with Gasteiger partial charge in [-0.1, -0.05) is 78.9 Å². The van der Waals surface area contributed by atoms with Crippen molar-refractivity contribution < 1.29 is 38.6 Å². The monoisotopic (exact) mass is 883 g/mol. The number of carboxylic acids is 1. The molecule has 6 rings (SSSR count). The zero-order valence-corrected chi connectivity index (χ0v) is 36.6. The molecule has 0 aliphatic carbocycles. The van der Waals surface area contributed by atoms with E-state index in [1.54, 1.807) is 48.5 Å². The molecule has 15 heteroatoms. The maximum atomic E-state index is 14.8. The van der Waals surface area contributed by atoms with Crippen LogP contribution in [0.25, 0.3) is 33.4 Å². The summed E-state index contributed by atoms with van der Waals surface area (Å²) in [5, 5.41) is 18.3. The second-order valence-electron chi connectivity index (χ2n) is 15.9. The number of amides is 4. The number of nitrogens with zero attached hydrogens (tertiary/aromatic N) is 1. The molecule has 65 heavy (non-hydrogen) atoms. The van der Waals surface area contributed by atoms with Gasteiger partial charge in [0.2, 0.25) is 17.7 Å². The molecule has 5 aromatic rings. The SMILES string of the molecule is CC1NC(=O)C(N(C)C(=O)C(CCCCN)NC(=O)c2ccc(-c3ccc(-c4ccccc4)cc3)cc2)c2ccc(OCCN)c(c2)-c2cc(ccc2OCCN)CC(C(=O)O)NC1=O. The Morgan fingerprint density at radius 1 is 0.723 bits per heavy atom. The molecule has 4 bridgehead atoms. The molecule has 1 heterocycles. The zero-order valence-electron chi connectivity index (χ0n) is 36.6. The third-order valence-corrected chi connectivity index (χ3v) is 11.2. The Labute approximate surface area is 378 Å². The summed E-state index contributed by atoms with van der Waals surface area (Å²) in [7, 11) is 1.45. The number of nitrogens with two attached hydrogens (primary N) is 3. The summed E-state index contributed by atoms with van der Waals surface area (Å²) >= 11 is 0. The van der Waals surface area contributed by atoms with Crippen molar-refractivity contribution >= 4 is 29.6 Å². The first-order valence-corrected chi connectivity index (χ1v) is 21.7. The molecule has 4 unspecified atom stereocenters. The summed E-state index contributed by atoms with van der Waals surface area (Å²) in [4.78, 5) is 70.3. The summed E-state index contributed by atoms with van der Waals surface area (Å²) in [5.41, 5.74) is 23.7. The van der Waals surface area contributed by atoms with Crippen LogP contribution < -0.4 is 42.6 Å². The number of likely N-dealkylation sites (N-methyl/N-ethyl adjacent to an activating group) is 1. The number of unbranched alkanes of at least 4 members (excludes halogenated alkanes) is 1. The molecule has 1 aliphatic heterocycles. The Balaban J connectivity index is 1.35. The van der Waals surface area contributed by atoms with Crippen molar-refractivity contribution in [1.29, 1.82) is 0 Å². The predicted octanol–water partition coefficient (Wildman–Crippen LogP) is 4.42. The van der Waals surface area contributed by atoms with Crippen LogP contribution in [0.5, 0.6) is 11.5 Å². The van der Waals surface area contributed by atoms with E-state index < -0.39 is 53.8 Å². The van der Waals surface area contributed by atoms with E-state index in [1.807, 2.05) is 54.6 Å². The van der Waals surface area contributed by atoms with Gasteiger partial charge in [0.25, 0.3) is 5.91 Å². The van der Waals surface area contributed by atoms with Gasteiger partial charge in [0, 0.05) is 43.2 Å². The van der Waals surface area contributed by atoms with Crippen LogP contribution in [0.15, 0.2) is 115 Å². The van der Waals surface area contributed by atoms with Gasteiger partial charge in [-0.05, 0) is 103 Å². The predicted molar refractivity (Wildman–Crippen MR) is 249 cm³/mol. The first-order valence-electron chi connectivity index (χ1n) is 21.7. The summed E-state index contributed by atoms with van der Waals surface area (Å²) in [6, 6.07) is 30.4. The van der Waals surface area contributed by atoms with E-state index in [0.29, 0.717) is 58.7 Å². The lowest BCUT2D eigenvalue weighted by molar-refractivity contribution is -0.143. The van der Waals surface area contributed by atoms with Gasteiger partial charge in [0.1, 0.15) is 48.9 Å². The van der Waals surface area contributed by atoms with Crippen LogP contribution in [0.4, 0.5) is 0 Å². The van der Waals surface area contributed by atoms with E-state index in [9.17, 15) is 29.1 Å². The van der Waals surface area contributed by atoms with Crippen molar-refractivity contribution in [3.05, 3.63) is 132 Å². The van der Waals surface area contributed by atoms with Crippen LogP contribution in [0.2, 0.25) is 0 Å². The average molecular weight is 884 g/mol. The van der Waals surface area contributed by atoms with Crippen LogP contribution in [0.1, 0.15) is 53.7 Å². The van der Waals surface area contributed by atoms with E-state index in [4.69, 9.17) is 26.7 Å². The Kier molecular flexibility index (Phi) is 16.4. The Bertz CT molecular complexity index is 2450.